The lowest BCUT2D eigenvalue weighted by Gasteiger charge is -2.46. The van der Waals surface area contributed by atoms with Gasteiger partial charge in [0.2, 0.25) is 0 Å². The molecule has 1 aliphatic rings. The van der Waals surface area contributed by atoms with E-state index in [0.29, 0.717) is 0 Å². The molecule has 0 N–H and O–H groups in total. The van der Waals surface area contributed by atoms with Gasteiger partial charge in [-0.05, 0) is 90.7 Å². The number of hydrogen-bond acceptors (Lipinski definition) is 7. The molecule has 7 nitrogen and oxygen atoms in total. The lowest BCUT2D eigenvalue weighted by atomic mass is 10.1. The molecule has 0 unspecified atom stereocenters. The summed E-state index contributed by atoms with van der Waals surface area (Å²) in [6.07, 6.45) is -3.60. The van der Waals surface area contributed by atoms with Gasteiger partial charge in [0.25, 0.3) is 8.32 Å². The van der Waals surface area contributed by atoms with Crippen LogP contribution in [-0.4, -0.2) is 78.3 Å². The van der Waals surface area contributed by atoms with E-state index in [1.807, 2.05) is 0 Å². The SMILES string of the molecule is CC(C)(C)[Si](C)(C)OC(=O)[C@@H](O[Si](C)(C)C(C)(C)C)[C@@H]1O[C@@H](O[Si](C)(C)C(C)(C)C)[C@H](O[Si](C)(C)C(C)(C)C)[C@H]1O[Si](C)(C)C(C)(C)C. The van der Waals surface area contributed by atoms with Crippen LogP contribution < -0.4 is 0 Å². The van der Waals surface area contributed by atoms with Crippen LogP contribution in [0, 0.1) is 0 Å². The maximum absolute atomic E-state index is 14.7. The van der Waals surface area contributed by atoms with Crippen LogP contribution in [-0.2, 0) is 31.7 Å². The number of hydrogen-bond donors (Lipinski definition) is 0. The van der Waals surface area contributed by atoms with Crippen LogP contribution in [0.15, 0.2) is 0 Å². The lowest BCUT2D eigenvalue weighted by Crippen LogP contribution is -2.59. The zero-order valence-corrected chi connectivity index (χ0v) is 41.2. The first-order valence-electron chi connectivity index (χ1n) is 18.2. The molecular weight excluding hydrogens is 685 g/mol. The molecule has 1 rings (SSSR count). The van der Waals surface area contributed by atoms with Gasteiger partial charge in [-0.15, -0.1) is 0 Å². The van der Waals surface area contributed by atoms with Crippen molar-refractivity contribution in [3.63, 3.8) is 0 Å². The fraction of sp³-hybridized carbons (Fsp3) is 0.972. The Hall–Kier alpha value is 0.354. The normalized spacial score (nSPS) is 23.8. The van der Waals surface area contributed by atoms with E-state index in [9.17, 15) is 4.79 Å². The van der Waals surface area contributed by atoms with Gasteiger partial charge in [-0.25, -0.2) is 0 Å². The van der Waals surface area contributed by atoms with E-state index in [0.717, 1.165) is 0 Å². The molecule has 48 heavy (non-hydrogen) atoms. The molecule has 0 aromatic carbocycles. The zero-order chi connectivity index (χ0) is 38.7. The van der Waals surface area contributed by atoms with E-state index in [1.54, 1.807) is 0 Å². The Bertz CT molecular complexity index is 1100. The minimum atomic E-state index is -2.52. The Morgan fingerprint density at radius 3 is 1.12 bits per heavy atom. The van der Waals surface area contributed by atoms with Crippen LogP contribution in [0.5, 0.6) is 0 Å². The maximum atomic E-state index is 14.7. The summed E-state index contributed by atoms with van der Waals surface area (Å²) in [7, 11) is -12.2. The van der Waals surface area contributed by atoms with Crippen LogP contribution in [0.1, 0.15) is 104 Å². The number of rotatable bonds is 11. The average Bonchev–Trinajstić information content (AvgIpc) is 3.08. The van der Waals surface area contributed by atoms with Crippen LogP contribution in [0.4, 0.5) is 0 Å². The van der Waals surface area contributed by atoms with Gasteiger partial charge in [0, 0.05) is 0 Å². The highest BCUT2D eigenvalue weighted by atomic mass is 28.4. The molecular formula is C36H80O7Si5. The molecule has 286 valence electrons. The fourth-order valence-corrected chi connectivity index (χ4v) is 9.80. The topological polar surface area (TPSA) is 72.5 Å². The summed E-state index contributed by atoms with van der Waals surface area (Å²) in [5.74, 6) is -0.362. The third kappa shape index (κ3) is 10.7. The molecule has 12 heteroatoms. The third-order valence-electron chi connectivity index (χ3n) is 12.8. The molecule has 0 amide bonds. The van der Waals surface area contributed by atoms with Gasteiger partial charge in [-0.3, -0.25) is 4.79 Å². The van der Waals surface area contributed by atoms with Gasteiger partial charge >= 0.3 is 5.97 Å². The highest BCUT2D eigenvalue weighted by Crippen LogP contribution is 2.48. The summed E-state index contributed by atoms with van der Waals surface area (Å²) < 4.78 is 42.7. The predicted molar refractivity (Wildman–Crippen MR) is 216 cm³/mol. The molecule has 0 aromatic heterocycles. The minimum Gasteiger partial charge on any atom is -0.517 e. The highest BCUT2D eigenvalue weighted by molar-refractivity contribution is 6.76. The Morgan fingerprint density at radius 2 is 0.792 bits per heavy atom. The van der Waals surface area contributed by atoms with Crippen LogP contribution in [0.2, 0.25) is 90.7 Å². The van der Waals surface area contributed by atoms with Crippen molar-refractivity contribution in [1.29, 1.82) is 0 Å². The van der Waals surface area contributed by atoms with Crippen molar-refractivity contribution >= 4 is 47.6 Å². The molecule has 0 aromatic rings. The Kier molecular flexibility index (Phi) is 13.8. The Morgan fingerprint density at radius 1 is 0.479 bits per heavy atom. The van der Waals surface area contributed by atoms with Gasteiger partial charge in [0.05, 0.1) is 0 Å². The van der Waals surface area contributed by atoms with Crippen molar-refractivity contribution in [3.8, 4) is 0 Å². The van der Waals surface area contributed by atoms with Gasteiger partial charge in [-0.2, -0.15) is 0 Å². The third-order valence-corrected chi connectivity index (χ3v) is 35.0. The second-order valence-corrected chi connectivity index (χ2v) is 45.8. The second kappa shape index (κ2) is 14.3. The first kappa shape index (κ1) is 46.4. The molecule has 0 bridgehead atoms. The van der Waals surface area contributed by atoms with Gasteiger partial charge < -0.3 is 26.9 Å². The smallest absolute Gasteiger partial charge is 0.323 e. The van der Waals surface area contributed by atoms with Crippen LogP contribution >= 0.6 is 0 Å². The molecule has 0 radical (unpaired) electrons. The minimum absolute atomic E-state index is 0.0631. The standard InChI is InChI=1S/C36H80O7Si5/c1-32(2,3)44(16,17)39-27-26(28(40-45(18,19)33(4,5)6)30(37)42-47(22,23)35(10,11)12)38-31(43-48(24,25)36(13,14)15)29(27)41-46(20,21)34(7,8)9/h26-29,31H,1-25H3/t26-,27+,28+,29-,31+/m1/s1. The average molecular weight is 765 g/mol. The number of ether oxygens (including phenoxy) is 1. The van der Waals surface area contributed by atoms with Gasteiger partial charge in [0.15, 0.2) is 45.7 Å². The molecule has 0 aliphatic carbocycles. The van der Waals surface area contributed by atoms with E-state index in [1.165, 1.54) is 0 Å². The maximum Gasteiger partial charge on any atom is 0.323 e. The predicted octanol–water partition coefficient (Wildman–Crippen LogP) is 11.5. The number of carbonyl (C=O) groups is 1. The van der Waals surface area contributed by atoms with Crippen LogP contribution in [0.3, 0.4) is 0 Å². The van der Waals surface area contributed by atoms with E-state index in [2.05, 4.69) is 169 Å². The Labute approximate surface area is 303 Å². The Balaban J connectivity index is 4.15. The molecule has 1 saturated heterocycles. The van der Waals surface area contributed by atoms with Crippen molar-refractivity contribution in [1.82, 2.24) is 0 Å². The van der Waals surface area contributed by atoms with Gasteiger partial charge in [0.1, 0.15) is 18.3 Å². The summed E-state index contributed by atoms with van der Waals surface area (Å²) in [6, 6.07) is 0. The lowest BCUT2D eigenvalue weighted by molar-refractivity contribution is -0.163. The molecule has 1 fully saturated rings. The zero-order valence-electron chi connectivity index (χ0n) is 36.2. The van der Waals surface area contributed by atoms with Crippen molar-refractivity contribution in [2.24, 2.45) is 0 Å². The largest absolute Gasteiger partial charge is 0.517 e. The van der Waals surface area contributed by atoms with E-state index >= 15 is 0 Å². The quantitative estimate of drug-likeness (QED) is 0.194. The van der Waals surface area contributed by atoms with Gasteiger partial charge in [-0.1, -0.05) is 104 Å². The summed E-state index contributed by atoms with van der Waals surface area (Å²) >= 11 is 0. The van der Waals surface area contributed by atoms with E-state index in [4.69, 9.17) is 26.9 Å². The monoisotopic (exact) mass is 764 g/mol. The summed E-state index contributed by atoms with van der Waals surface area (Å²) in [5, 5.41) is -0.532. The first-order valence-corrected chi connectivity index (χ1v) is 32.8. The van der Waals surface area contributed by atoms with E-state index in [-0.39, 0.29) is 31.2 Å². The molecule has 1 heterocycles. The van der Waals surface area contributed by atoms with Crippen molar-refractivity contribution < 1.29 is 31.7 Å². The fourth-order valence-electron chi connectivity index (χ4n) is 3.95. The summed E-state index contributed by atoms with van der Waals surface area (Å²) in [5.41, 5.74) is 0. The number of carbonyl (C=O) groups excluding carboxylic acids is 1. The summed E-state index contributed by atoms with van der Waals surface area (Å²) in [6.45, 7) is 55.3. The van der Waals surface area contributed by atoms with Crippen molar-refractivity contribution in [2.45, 2.75) is 225 Å². The van der Waals surface area contributed by atoms with Crippen molar-refractivity contribution in [2.75, 3.05) is 0 Å². The van der Waals surface area contributed by atoms with Crippen LogP contribution in [0.25, 0.3) is 0 Å². The second-order valence-electron chi connectivity index (χ2n) is 22.0. The van der Waals surface area contributed by atoms with E-state index < -0.39 is 72.3 Å². The molecule has 0 saturated carbocycles. The molecule has 5 atom stereocenters. The highest BCUT2D eigenvalue weighted by Gasteiger charge is 2.60. The first-order chi connectivity index (χ1) is 20.6. The van der Waals surface area contributed by atoms with Crippen molar-refractivity contribution in [3.05, 3.63) is 0 Å². The molecule has 0 spiro atoms. The molecule has 1 aliphatic heterocycles. The summed E-state index contributed by atoms with van der Waals surface area (Å²) in [4.78, 5) is 14.7.